The lowest BCUT2D eigenvalue weighted by molar-refractivity contribution is -0.134. The quantitative estimate of drug-likeness (QED) is 0.513. The Labute approximate surface area is 81.2 Å². The molecule has 0 amide bonds. The number of hydrogen-bond acceptors (Lipinski definition) is 3. The third-order valence-corrected chi connectivity index (χ3v) is 1.98. The Kier molecular flexibility index (Phi) is 7.93. The van der Waals surface area contributed by atoms with Crippen LogP contribution in [0.1, 0.15) is 45.4 Å². The molecule has 1 atom stereocenters. The molecule has 0 heterocycles. The van der Waals surface area contributed by atoms with Crippen LogP contribution in [0.3, 0.4) is 0 Å². The van der Waals surface area contributed by atoms with Crippen LogP contribution in [-0.4, -0.2) is 14.7 Å². The van der Waals surface area contributed by atoms with E-state index in [0.717, 1.165) is 25.7 Å². The molecule has 0 aliphatic carbocycles. The smallest absolute Gasteiger partial charge is 0.343 e. The summed E-state index contributed by atoms with van der Waals surface area (Å²) in [4.78, 5) is 10.7. The van der Waals surface area contributed by atoms with Crippen molar-refractivity contribution in [2.45, 2.75) is 45.4 Å². The first-order valence-electron chi connectivity index (χ1n) is 4.48. The summed E-state index contributed by atoms with van der Waals surface area (Å²) in [6, 6.07) is 0. The standard InChI is InChI=1S/C8H16O4S/c1-2-3-4-5-6-7-8(9)12-13(10)11/h2-7H2,1H3,(H,10,11). The average Bonchev–Trinajstić information content (AvgIpc) is 2.02. The fourth-order valence-corrected chi connectivity index (χ4v) is 1.24. The van der Waals surface area contributed by atoms with E-state index in [1.54, 1.807) is 0 Å². The molecule has 13 heavy (non-hydrogen) atoms. The van der Waals surface area contributed by atoms with E-state index in [2.05, 4.69) is 11.1 Å². The Balaban J connectivity index is 3.22. The van der Waals surface area contributed by atoms with Crippen LogP contribution in [0.2, 0.25) is 0 Å². The summed E-state index contributed by atoms with van der Waals surface area (Å²) in [6.07, 6.45) is 5.37. The summed E-state index contributed by atoms with van der Waals surface area (Å²) >= 11 is -2.45. The number of carbonyl (C=O) groups excluding carboxylic acids is 1. The molecule has 0 radical (unpaired) electrons. The molecule has 5 heteroatoms. The first kappa shape index (κ1) is 12.6. The number of rotatable bonds is 7. The monoisotopic (exact) mass is 208 g/mol. The van der Waals surface area contributed by atoms with Gasteiger partial charge in [0.2, 0.25) is 0 Å². The number of unbranched alkanes of at least 4 members (excludes halogenated alkanes) is 4. The minimum absolute atomic E-state index is 0.232. The molecule has 0 aliphatic heterocycles. The van der Waals surface area contributed by atoms with Gasteiger partial charge in [0, 0.05) is 6.42 Å². The van der Waals surface area contributed by atoms with E-state index in [0.29, 0.717) is 0 Å². The summed E-state index contributed by atoms with van der Waals surface area (Å²) in [6.45, 7) is 2.11. The highest BCUT2D eigenvalue weighted by Gasteiger charge is 2.05. The Morgan fingerprint density at radius 3 is 2.46 bits per heavy atom. The highest BCUT2D eigenvalue weighted by molar-refractivity contribution is 7.74. The van der Waals surface area contributed by atoms with Gasteiger partial charge in [-0.25, -0.2) is 0 Å². The summed E-state index contributed by atoms with van der Waals surface area (Å²) in [5, 5.41) is 0. The molecule has 0 aliphatic rings. The van der Waals surface area contributed by atoms with Crippen LogP contribution in [0.15, 0.2) is 0 Å². The van der Waals surface area contributed by atoms with Gasteiger partial charge in [-0.05, 0) is 6.42 Å². The molecule has 0 aromatic rings. The third kappa shape index (κ3) is 9.49. The summed E-state index contributed by atoms with van der Waals surface area (Å²) in [5.41, 5.74) is 0. The summed E-state index contributed by atoms with van der Waals surface area (Å²) in [5.74, 6) is -0.600. The lowest BCUT2D eigenvalue weighted by Gasteiger charge is -1.99. The van der Waals surface area contributed by atoms with E-state index in [9.17, 15) is 9.00 Å². The molecule has 4 nitrogen and oxygen atoms in total. The fraction of sp³-hybridized carbons (Fsp3) is 0.875. The fourth-order valence-electron chi connectivity index (χ4n) is 0.994. The van der Waals surface area contributed by atoms with Crippen LogP contribution in [0.4, 0.5) is 0 Å². The largest absolute Gasteiger partial charge is 0.360 e. The van der Waals surface area contributed by atoms with Crippen molar-refractivity contribution in [2.24, 2.45) is 0 Å². The predicted molar refractivity (Wildman–Crippen MR) is 50.2 cm³/mol. The maximum Gasteiger partial charge on any atom is 0.360 e. The molecule has 0 bridgehead atoms. The molecular formula is C8H16O4S. The highest BCUT2D eigenvalue weighted by Crippen LogP contribution is 2.05. The van der Waals surface area contributed by atoms with Crippen LogP contribution in [-0.2, 0) is 20.3 Å². The molecule has 0 saturated heterocycles. The second-order valence-electron chi connectivity index (χ2n) is 2.84. The average molecular weight is 208 g/mol. The van der Waals surface area contributed by atoms with Gasteiger partial charge < -0.3 is 4.18 Å². The van der Waals surface area contributed by atoms with Crippen molar-refractivity contribution < 1.29 is 17.7 Å². The minimum atomic E-state index is -2.45. The lowest BCUT2D eigenvalue weighted by atomic mass is 10.1. The second-order valence-corrected chi connectivity index (χ2v) is 3.44. The Bertz CT molecular complexity index is 170. The third-order valence-electron chi connectivity index (χ3n) is 1.65. The number of carbonyl (C=O) groups is 1. The van der Waals surface area contributed by atoms with Gasteiger partial charge in [-0.15, -0.1) is 0 Å². The van der Waals surface area contributed by atoms with E-state index in [-0.39, 0.29) is 6.42 Å². The van der Waals surface area contributed by atoms with Crippen molar-refractivity contribution in [3.8, 4) is 0 Å². The normalized spacial score (nSPS) is 12.5. The van der Waals surface area contributed by atoms with Crippen LogP contribution in [0.5, 0.6) is 0 Å². The van der Waals surface area contributed by atoms with E-state index in [1.165, 1.54) is 6.42 Å². The summed E-state index contributed by atoms with van der Waals surface area (Å²) < 4.78 is 22.3. The molecule has 1 N–H and O–H groups in total. The molecule has 0 spiro atoms. The van der Waals surface area contributed by atoms with Crippen LogP contribution in [0, 0.1) is 0 Å². The zero-order valence-corrected chi connectivity index (χ0v) is 8.64. The van der Waals surface area contributed by atoms with Crippen molar-refractivity contribution in [3.63, 3.8) is 0 Å². The van der Waals surface area contributed by atoms with E-state index in [4.69, 9.17) is 4.55 Å². The molecule has 1 unspecified atom stereocenters. The lowest BCUT2D eigenvalue weighted by Crippen LogP contribution is -2.05. The molecular weight excluding hydrogens is 192 g/mol. The SMILES string of the molecule is CCCCCCCC(=O)OS(=O)O. The summed E-state index contributed by atoms with van der Waals surface area (Å²) in [7, 11) is 0. The van der Waals surface area contributed by atoms with Crippen LogP contribution in [0.25, 0.3) is 0 Å². The maximum atomic E-state index is 10.7. The Morgan fingerprint density at radius 2 is 1.92 bits per heavy atom. The van der Waals surface area contributed by atoms with Gasteiger partial charge in [0.05, 0.1) is 0 Å². The predicted octanol–water partition coefficient (Wildman–Crippen LogP) is 2.03. The zero-order valence-electron chi connectivity index (χ0n) is 7.82. The van der Waals surface area contributed by atoms with Gasteiger partial charge in [0.25, 0.3) is 0 Å². The van der Waals surface area contributed by atoms with E-state index in [1.807, 2.05) is 0 Å². The van der Waals surface area contributed by atoms with Gasteiger partial charge in [-0.3, -0.25) is 9.35 Å². The van der Waals surface area contributed by atoms with E-state index < -0.39 is 17.3 Å². The molecule has 78 valence electrons. The van der Waals surface area contributed by atoms with Gasteiger partial charge in [0.1, 0.15) is 0 Å². The second kappa shape index (κ2) is 8.19. The zero-order chi connectivity index (χ0) is 10.1. The molecule has 0 fully saturated rings. The molecule has 0 aromatic carbocycles. The molecule has 0 saturated carbocycles. The molecule has 0 aromatic heterocycles. The Hall–Kier alpha value is -0.420. The Morgan fingerprint density at radius 1 is 1.31 bits per heavy atom. The maximum absolute atomic E-state index is 10.7. The minimum Gasteiger partial charge on any atom is -0.343 e. The topological polar surface area (TPSA) is 63.6 Å². The van der Waals surface area contributed by atoms with Crippen LogP contribution >= 0.6 is 0 Å². The van der Waals surface area contributed by atoms with Crippen molar-refractivity contribution in [2.75, 3.05) is 0 Å². The van der Waals surface area contributed by atoms with E-state index >= 15 is 0 Å². The molecule has 0 rings (SSSR count). The van der Waals surface area contributed by atoms with Crippen LogP contribution < -0.4 is 0 Å². The van der Waals surface area contributed by atoms with Gasteiger partial charge in [-0.1, -0.05) is 32.6 Å². The van der Waals surface area contributed by atoms with Gasteiger partial charge >= 0.3 is 17.3 Å². The first-order chi connectivity index (χ1) is 6.16. The van der Waals surface area contributed by atoms with Crippen molar-refractivity contribution >= 4 is 17.3 Å². The highest BCUT2D eigenvalue weighted by atomic mass is 32.2. The van der Waals surface area contributed by atoms with Crippen molar-refractivity contribution in [1.82, 2.24) is 0 Å². The van der Waals surface area contributed by atoms with Crippen molar-refractivity contribution in [1.29, 1.82) is 0 Å². The van der Waals surface area contributed by atoms with Gasteiger partial charge in [-0.2, -0.15) is 4.21 Å². The number of hydrogen-bond donors (Lipinski definition) is 1. The van der Waals surface area contributed by atoms with Crippen molar-refractivity contribution in [3.05, 3.63) is 0 Å². The first-order valence-corrected chi connectivity index (χ1v) is 5.52. The van der Waals surface area contributed by atoms with Gasteiger partial charge in [0.15, 0.2) is 0 Å².